The Balaban J connectivity index is 2.04. The third kappa shape index (κ3) is 5.20. The first kappa shape index (κ1) is 21.9. The molecule has 0 spiro atoms. The Morgan fingerprint density at radius 1 is 1.23 bits per heavy atom. The van der Waals surface area contributed by atoms with Crippen LogP contribution in [0.1, 0.15) is 46.7 Å². The number of nitrogens with zero attached hydrogens (tertiary/aromatic N) is 5. The van der Waals surface area contributed by atoms with E-state index in [9.17, 15) is 4.79 Å². The lowest BCUT2D eigenvalue weighted by molar-refractivity contribution is 0.0518. The van der Waals surface area contributed by atoms with Crippen LogP contribution in [0.5, 0.6) is 0 Å². The molecule has 0 radical (unpaired) electrons. The number of oxime groups is 1. The molecule has 0 N–H and O–H groups in total. The molecule has 0 aliphatic carbocycles. The number of rotatable bonds is 5. The van der Waals surface area contributed by atoms with Crippen molar-refractivity contribution in [2.24, 2.45) is 10.6 Å². The summed E-state index contributed by atoms with van der Waals surface area (Å²) in [6, 6.07) is 7.37. The molecule has 2 heterocycles. The lowest BCUT2D eigenvalue weighted by Crippen LogP contribution is -2.25. The second-order valence-electron chi connectivity index (χ2n) is 7.64. The van der Waals surface area contributed by atoms with Gasteiger partial charge in [0.2, 0.25) is 0 Å². The van der Waals surface area contributed by atoms with Gasteiger partial charge in [0, 0.05) is 10.4 Å². The minimum Gasteiger partial charge on any atom is -0.311 e. The van der Waals surface area contributed by atoms with Gasteiger partial charge in [0.05, 0.1) is 16.4 Å². The third-order valence-corrected chi connectivity index (χ3v) is 5.41. The lowest BCUT2D eigenvalue weighted by Gasteiger charge is -2.22. The Bertz CT molecular complexity index is 1090. The fourth-order valence-electron chi connectivity index (χ4n) is 2.71. The quantitative estimate of drug-likeness (QED) is 0.305. The molecule has 3 rings (SSSR count). The van der Waals surface area contributed by atoms with Crippen LogP contribution in [-0.2, 0) is 4.84 Å². The average molecular weight is 444 g/mol. The van der Waals surface area contributed by atoms with Crippen LogP contribution >= 0.6 is 22.9 Å². The Morgan fingerprint density at radius 2 is 1.93 bits per heavy atom. The molecule has 0 aliphatic rings. The van der Waals surface area contributed by atoms with Gasteiger partial charge < -0.3 is 4.84 Å². The van der Waals surface area contributed by atoms with Gasteiger partial charge in [-0.2, -0.15) is 5.10 Å². The van der Waals surface area contributed by atoms with Crippen LogP contribution < -0.4 is 0 Å². The molecule has 156 valence electrons. The van der Waals surface area contributed by atoms with Crippen molar-refractivity contribution in [2.45, 2.75) is 34.6 Å². The highest BCUT2D eigenvalue weighted by atomic mass is 35.5. The van der Waals surface area contributed by atoms with Crippen molar-refractivity contribution in [3.63, 3.8) is 0 Å². The molecular weight excluding hydrogens is 422 g/mol. The molecule has 0 saturated carbocycles. The standard InChI is InChI=1S/C21H22ClN5O2S/c1-13-18(30-14(2)25-13)20(28)29-26-19(21(3,4)5)17(27-12-23-11-24-27)10-15-6-8-16(22)9-7-15/h6-12H,1-5H3/b17-10-,26-19+. The number of carbonyl (C=O) groups is 1. The van der Waals surface area contributed by atoms with Crippen LogP contribution in [0, 0.1) is 19.3 Å². The first-order valence-corrected chi connectivity index (χ1v) is 10.4. The summed E-state index contributed by atoms with van der Waals surface area (Å²) >= 11 is 7.29. The van der Waals surface area contributed by atoms with E-state index in [1.54, 1.807) is 30.1 Å². The van der Waals surface area contributed by atoms with Gasteiger partial charge in [0.15, 0.2) is 0 Å². The highest BCUT2D eigenvalue weighted by molar-refractivity contribution is 7.13. The highest BCUT2D eigenvalue weighted by Crippen LogP contribution is 2.27. The van der Waals surface area contributed by atoms with Crippen molar-refractivity contribution < 1.29 is 9.63 Å². The van der Waals surface area contributed by atoms with E-state index in [-0.39, 0.29) is 0 Å². The average Bonchev–Trinajstić information content (AvgIpc) is 3.31. The summed E-state index contributed by atoms with van der Waals surface area (Å²) in [5, 5.41) is 9.94. The molecule has 0 aliphatic heterocycles. The van der Waals surface area contributed by atoms with Gasteiger partial charge in [0.25, 0.3) is 0 Å². The molecular formula is C21H22ClN5O2S. The summed E-state index contributed by atoms with van der Waals surface area (Å²) in [5.74, 6) is -0.538. The largest absolute Gasteiger partial charge is 0.377 e. The van der Waals surface area contributed by atoms with Gasteiger partial charge in [-0.25, -0.2) is 19.4 Å². The summed E-state index contributed by atoms with van der Waals surface area (Å²) in [6.07, 6.45) is 4.90. The van der Waals surface area contributed by atoms with E-state index in [2.05, 4.69) is 20.2 Å². The summed E-state index contributed by atoms with van der Waals surface area (Å²) in [6.45, 7) is 9.56. The van der Waals surface area contributed by atoms with Crippen LogP contribution in [0.15, 0.2) is 42.1 Å². The predicted molar refractivity (Wildman–Crippen MR) is 120 cm³/mol. The number of hydrogen-bond donors (Lipinski definition) is 0. The zero-order chi connectivity index (χ0) is 21.9. The lowest BCUT2D eigenvalue weighted by atomic mass is 9.87. The number of thiazole rings is 1. The normalized spacial score (nSPS) is 12.9. The van der Waals surface area contributed by atoms with Crippen molar-refractivity contribution in [3.05, 3.63) is 63.1 Å². The number of carbonyl (C=O) groups excluding carboxylic acids is 1. The minimum absolute atomic E-state index is 0.438. The van der Waals surface area contributed by atoms with E-state index in [4.69, 9.17) is 16.4 Å². The van der Waals surface area contributed by atoms with Gasteiger partial charge in [-0.3, -0.25) is 0 Å². The Morgan fingerprint density at radius 3 is 2.47 bits per heavy atom. The Kier molecular flexibility index (Phi) is 6.48. The predicted octanol–water partition coefficient (Wildman–Crippen LogP) is 5.26. The molecule has 0 fully saturated rings. The van der Waals surface area contributed by atoms with Gasteiger partial charge in [-0.05, 0) is 37.6 Å². The van der Waals surface area contributed by atoms with E-state index < -0.39 is 11.4 Å². The van der Waals surface area contributed by atoms with E-state index in [0.29, 0.717) is 27.0 Å². The summed E-state index contributed by atoms with van der Waals surface area (Å²) < 4.78 is 1.59. The molecule has 0 unspecified atom stereocenters. The van der Waals surface area contributed by atoms with Crippen LogP contribution in [-0.4, -0.2) is 31.4 Å². The Labute approximate surface area is 184 Å². The molecule has 0 amide bonds. The first-order chi connectivity index (χ1) is 14.1. The van der Waals surface area contributed by atoms with Gasteiger partial charge in [-0.15, -0.1) is 11.3 Å². The van der Waals surface area contributed by atoms with Crippen LogP contribution in [0.3, 0.4) is 0 Å². The number of halogens is 1. The number of aromatic nitrogens is 4. The van der Waals surface area contributed by atoms with Gasteiger partial charge in [0.1, 0.15) is 23.2 Å². The fraction of sp³-hybridized carbons (Fsp3) is 0.286. The smallest absolute Gasteiger partial charge is 0.311 e. The topological polar surface area (TPSA) is 82.3 Å². The second kappa shape index (κ2) is 8.89. The SMILES string of the molecule is Cc1nc(C)c(C(=O)O/N=C(\C(=C\c2ccc(Cl)cc2)n2cncn2)C(C)(C)C)s1. The van der Waals surface area contributed by atoms with Crippen molar-refractivity contribution in [1.82, 2.24) is 19.7 Å². The summed E-state index contributed by atoms with van der Waals surface area (Å²) in [4.78, 5) is 26.7. The maximum atomic E-state index is 12.6. The van der Waals surface area contributed by atoms with Crippen molar-refractivity contribution in [1.29, 1.82) is 0 Å². The van der Waals surface area contributed by atoms with Crippen molar-refractivity contribution in [2.75, 3.05) is 0 Å². The van der Waals surface area contributed by atoms with Gasteiger partial charge in [-0.1, -0.05) is 49.7 Å². The van der Waals surface area contributed by atoms with E-state index >= 15 is 0 Å². The molecule has 30 heavy (non-hydrogen) atoms. The molecule has 1 aromatic carbocycles. The van der Waals surface area contributed by atoms with Crippen LogP contribution in [0.4, 0.5) is 0 Å². The monoisotopic (exact) mass is 443 g/mol. The highest BCUT2D eigenvalue weighted by Gasteiger charge is 2.27. The second-order valence-corrected chi connectivity index (χ2v) is 9.28. The van der Waals surface area contributed by atoms with E-state index in [1.165, 1.54) is 17.7 Å². The minimum atomic E-state index is -0.538. The zero-order valence-electron chi connectivity index (χ0n) is 17.4. The molecule has 0 saturated heterocycles. The molecule has 3 aromatic rings. The van der Waals surface area contributed by atoms with Crippen molar-refractivity contribution >= 4 is 46.4 Å². The maximum Gasteiger partial charge on any atom is 0.377 e. The van der Waals surface area contributed by atoms with Gasteiger partial charge >= 0.3 is 5.97 Å². The molecule has 9 heteroatoms. The number of benzene rings is 1. The molecule has 0 bridgehead atoms. The van der Waals surface area contributed by atoms with E-state index in [0.717, 1.165) is 10.6 Å². The Hall–Kier alpha value is -2.84. The van der Waals surface area contributed by atoms with Crippen LogP contribution in [0.2, 0.25) is 5.02 Å². The van der Waals surface area contributed by atoms with E-state index in [1.807, 2.05) is 45.9 Å². The van der Waals surface area contributed by atoms with Crippen molar-refractivity contribution in [3.8, 4) is 0 Å². The summed E-state index contributed by atoms with van der Waals surface area (Å²) in [5.41, 5.74) is 2.23. The molecule has 0 atom stereocenters. The maximum absolute atomic E-state index is 12.6. The first-order valence-electron chi connectivity index (χ1n) is 9.21. The van der Waals surface area contributed by atoms with Crippen LogP contribution in [0.25, 0.3) is 11.8 Å². The third-order valence-electron chi connectivity index (χ3n) is 4.10. The number of aryl methyl sites for hydroxylation is 2. The summed E-state index contributed by atoms with van der Waals surface area (Å²) in [7, 11) is 0. The number of allylic oxidation sites excluding steroid dienone is 1. The number of hydrogen-bond acceptors (Lipinski definition) is 7. The molecule has 2 aromatic heterocycles. The molecule has 7 nitrogen and oxygen atoms in total. The zero-order valence-corrected chi connectivity index (χ0v) is 19.0. The fourth-order valence-corrected chi connectivity index (χ4v) is 3.63.